The van der Waals surface area contributed by atoms with Gasteiger partial charge < -0.3 is 4.74 Å². The summed E-state index contributed by atoms with van der Waals surface area (Å²) >= 11 is 12.5. The molecule has 1 heterocycles. The Balaban J connectivity index is 1.91. The Hall–Kier alpha value is -2.63. The number of carbonyl (C=O) groups is 1. The number of Topliss-reactive ketones (excluding diaryl/α,β-unsaturated/α-hetero) is 1. The lowest BCUT2D eigenvalue weighted by atomic mass is 9.91. The number of nitrogens with zero attached hydrogens (tertiary/aromatic N) is 3. The quantitative estimate of drug-likeness (QED) is 0.217. The number of hydrogen-bond acceptors (Lipinski definition) is 4. The van der Waals surface area contributed by atoms with Gasteiger partial charge >= 0.3 is 12.4 Å². The van der Waals surface area contributed by atoms with Crippen molar-refractivity contribution in [2.75, 3.05) is 13.7 Å². The molecule has 0 radical (unpaired) electrons. The number of hydrogen-bond donors (Lipinski definition) is 0. The average Bonchev–Trinajstić information content (AvgIpc) is 3.16. The lowest BCUT2D eigenvalue weighted by molar-refractivity contribution is -0.143. The molecule has 0 saturated heterocycles. The number of rotatable bonds is 9. The number of benzene rings is 2. The second-order valence-corrected chi connectivity index (χ2v) is 8.70. The Labute approximate surface area is 212 Å². The van der Waals surface area contributed by atoms with E-state index in [1.807, 2.05) is 0 Å². The van der Waals surface area contributed by atoms with E-state index < -0.39 is 41.7 Å². The molecule has 2 aromatic carbocycles. The van der Waals surface area contributed by atoms with Crippen LogP contribution >= 0.6 is 23.2 Å². The molecule has 0 N–H and O–H groups in total. The topological polar surface area (TPSA) is 57.0 Å². The zero-order valence-corrected chi connectivity index (χ0v) is 20.1. The third kappa shape index (κ3) is 6.77. The van der Waals surface area contributed by atoms with E-state index in [-0.39, 0.29) is 41.9 Å². The molecule has 0 aliphatic rings. The van der Waals surface area contributed by atoms with E-state index >= 15 is 0 Å². The summed E-state index contributed by atoms with van der Waals surface area (Å²) in [5, 5.41) is 7.60. The fraction of sp³-hybridized carbons (Fsp3) is 0.348. The minimum Gasteiger partial charge on any atom is -0.385 e. The lowest BCUT2D eigenvalue weighted by Crippen LogP contribution is -2.20. The standard InChI is InChI=1S/C23H19Cl2F6N3O2/c1-36-7-6-15(10-14-4-2-3-5-18(14)24)20(35)19-21(25)34(33-32-19)12-13-8-16(22(26,27)28)11-17(9-13)23(29,30)31/h2-5,8-9,11,15H,6-7,10,12H2,1H3. The predicted molar refractivity (Wildman–Crippen MR) is 120 cm³/mol. The van der Waals surface area contributed by atoms with Crippen molar-refractivity contribution in [2.24, 2.45) is 5.92 Å². The fourth-order valence-electron chi connectivity index (χ4n) is 3.55. The third-order valence-corrected chi connectivity index (χ3v) is 6.10. The normalized spacial score (nSPS) is 13.1. The average molecular weight is 554 g/mol. The summed E-state index contributed by atoms with van der Waals surface area (Å²) in [5.74, 6) is -1.18. The van der Waals surface area contributed by atoms with E-state index in [0.29, 0.717) is 22.7 Å². The van der Waals surface area contributed by atoms with Crippen LogP contribution in [0.5, 0.6) is 0 Å². The molecule has 5 nitrogen and oxygen atoms in total. The summed E-state index contributed by atoms with van der Waals surface area (Å²) in [6.07, 6.45) is -9.49. The first-order chi connectivity index (χ1) is 16.8. The molecule has 3 aromatic rings. The number of aromatic nitrogens is 3. The van der Waals surface area contributed by atoms with Gasteiger partial charge in [-0.1, -0.05) is 46.6 Å². The van der Waals surface area contributed by atoms with Crippen LogP contribution in [0.15, 0.2) is 42.5 Å². The third-order valence-electron chi connectivity index (χ3n) is 5.35. The van der Waals surface area contributed by atoms with Gasteiger partial charge in [0, 0.05) is 24.7 Å². The monoisotopic (exact) mass is 553 g/mol. The number of ketones is 1. The van der Waals surface area contributed by atoms with Gasteiger partial charge in [0.2, 0.25) is 0 Å². The second-order valence-electron chi connectivity index (χ2n) is 7.94. The molecular formula is C23H19Cl2F6N3O2. The summed E-state index contributed by atoms with van der Waals surface area (Å²) in [6, 6.07) is 8.06. The molecule has 1 atom stereocenters. The number of alkyl halides is 6. The van der Waals surface area contributed by atoms with Gasteiger partial charge in [-0.25, -0.2) is 4.68 Å². The number of methoxy groups -OCH3 is 1. The highest BCUT2D eigenvalue weighted by molar-refractivity contribution is 6.32. The van der Waals surface area contributed by atoms with Crippen LogP contribution in [0.3, 0.4) is 0 Å². The number of ether oxygens (including phenoxy) is 1. The van der Waals surface area contributed by atoms with E-state index in [1.165, 1.54) is 7.11 Å². The lowest BCUT2D eigenvalue weighted by Gasteiger charge is -2.16. The molecule has 13 heteroatoms. The van der Waals surface area contributed by atoms with E-state index in [4.69, 9.17) is 27.9 Å². The van der Waals surface area contributed by atoms with E-state index in [2.05, 4.69) is 10.3 Å². The molecule has 0 fully saturated rings. The molecule has 3 rings (SSSR count). The zero-order chi connectivity index (χ0) is 26.7. The van der Waals surface area contributed by atoms with Gasteiger partial charge in [-0.15, -0.1) is 5.10 Å². The summed E-state index contributed by atoms with van der Waals surface area (Å²) in [6.45, 7) is -0.337. The molecule has 0 amide bonds. The van der Waals surface area contributed by atoms with Gasteiger partial charge in [-0.3, -0.25) is 4.79 Å². The largest absolute Gasteiger partial charge is 0.416 e. The van der Waals surface area contributed by atoms with Crippen LogP contribution in [0.25, 0.3) is 0 Å². The highest BCUT2D eigenvalue weighted by Gasteiger charge is 2.37. The number of halogens is 8. The SMILES string of the molecule is COCCC(Cc1ccccc1Cl)C(=O)c1nnn(Cc2cc(C(F)(F)F)cc(C(F)(F)F)c2)c1Cl. The van der Waals surface area contributed by atoms with Crippen molar-refractivity contribution < 1.29 is 35.9 Å². The maximum absolute atomic E-state index is 13.2. The van der Waals surface area contributed by atoms with Crippen LogP contribution in [0.4, 0.5) is 26.3 Å². The van der Waals surface area contributed by atoms with Crippen molar-refractivity contribution in [1.82, 2.24) is 15.0 Å². The van der Waals surface area contributed by atoms with Crippen LogP contribution in [0.2, 0.25) is 10.2 Å². The summed E-state index contributed by atoms with van der Waals surface area (Å²) in [4.78, 5) is 13.2. The Morgan fingerprint density at radius 2 is 1.64 bits per heavy atom. The van der Waals surface area contributed by atoms with Gasteiger partial charge in [-0.2, -0.15) is 26.3 Å². The van der Waals surface area contributed by atoms with Crippen molar-refractivity contribution >= 4 is 29.0 Å². The van der Waals surface area contributed by atoms with Crippen molar-refractivity contribution in [3.63, 3.8) is 0 Å². The van der Waals surface area contributed by atoms with E-state index in [9.17, 15) is 31.1 Å². The maximum Gasteiger partial charge on any atom is 0.416 e. The zero-order valence-electron chi connectivity index (χ0n) is 18.6. The van der Waals surface area contributed by atoms with Crippen LogP contribution in [-0.2, 0) is 30.1 Å². The first-order valence-electron chi connectivity index (χ1n) is 10.4. The fourth-order valence-corrected chi connectivity index (χ4v) is 3.98. The first kappa shape index (κ1) is 27.9. The molecule has 1 unspecified atom stereocenters. The highest BCUT2D eigenvalue weighted by atomic mass is 35.5. The van der Waals surface area contributed by atoms with Crippen molar-refractivity contribution in [3.05, 3.63) is 80.6 Å². The molecule has 0 aliphatic heterocycles. The van der Waals surface area contributed by atoms with E-state index in [1.54, 1.807) is 24.3 Å². The van der Waals surface area contributed by atoms with Crippen LogP contribution in [0.1, 0.15) is 39.2 Å². The molecule has 194 valence electrons. The molecule has 1 aromatic heterocycles. The van der Waals surface area contributed by atoms with Gasteiger partial charge in [0.05, 0.1) is 17.7 Å². The van der Waals surface area contributed by atoms with Crippen LogP contribution in [0, 0.1) is 5.92 Å². The maximum atomic E-state index is 13.2. The number of carbonyl (C=O) groups excluding carboxylic acids is 1. The molecule has 36 heavy (non-hydrogen) atoms. The predicted octanol–water partition coefficient (Wildman–Crippen LogP) is 6.75. The van der Waals surface area contributed by atoms with Gasteiger partial charge in [0.25, 0.3) is 0 Å². The highest BCUT2D eigenvalue weighted by Crippen LogP contribution is 2.36. The van der Waals surface area contributed by atoms with E-state index in [0.717, 1.165) is 4.68 Å². The van der Waals surface area contributed by atoms with Crippen molar-refractivity contribution in [2.45, 2.75) is 31.7 Å². The Kier molecular flexibility index (Phi) is 8.68. The Bertz CT molecular complexity index is 1200. The summed E-state index contributed by atoms with van der Waals surface area (Å²) in [5.41, 5.74) is -2.87. The summed E-state index contributed by atoms with van der Waals surface area (Å²) < 4.78 is 85.0. The van der Waals surface area contributed by atoms with Crippen molar-refractivity contribution in [3.8, 4) is 0 Å². The van der Waals surface area contributed by atoms with Gasteiger partial charge in [-0.05, 0) is 48.2 Å². The summed E-state index contributed by atoms with van der Waals surface area (Å²) in [7, 11) is 1.46. The van der Waals surface area contributed by atoms with Gasteiger partial charge in [0.15, 0.2) is 16.6 Å². The first-order valence-corrected chi connectivity index (χ1v) is 11.2. The van der Waals surface area contributed by atoms with Crippen LogP contribution in [-0.4, -0.2) is 34.5 Å². The second kappa shape index (κ2) is 11.2. The molecule has 0 bridgehead atoms. The van der Waals surface area contributed by atoms with Crippen molar-refractivity contribution in [1.29, 1.82) is 0 Å². The minimum atomic E-state index is -5.00. The smallest absolute Gasteiger partial charge is 0.385 e. The molecular weight excluding hydrogens is 535 g/mol. The molecule has 0 saturated carbocycles. The Morgan fingerprint density at radius 3 is 2.19 bits per heavy atom. The minimum absolute atomic E-state index is 0.0243. The Morgan fingerprint density at radius 1 is 1.03 bits per heavy atom. The molecule has 0 aliphatic carbocycles. The molecule has 0 spiro atoms. The van der Waals surface area contributed by atoms with Gasteiger partial charge in [0.1, 0.15) is 0 Å². The van der Waals surface area contributed by atoms with Crippen LogP contribution < -0.4 is 0 Å².